The number of hydrogen-bond donors (Lipinski definition) is 0. The van der Waals surface area contributed by atoms with Crippen molar-refractivity contribution in [3.05, 3.63) is 57.1 Å². The molecule has 7 heteroatoms. The normalized spacial score (nSPS) is 10.9. The van der Waals surface area contributed by atoms with Crippen molar-refractivity contribution < 1.29 is 23.7 Å². The summed E-state index contributed by atoms with van der Waals surface area (Å²) in [7, 11) is 1.52. The molecule has 0 saturated heterocycles. The second-order valence-electron chi connectivity index (χ2n) is 6.37. The molecule has 0 unspecified atom stereocenters. The van der Waals surface area contributed by atoms with Gasteiger partial charge in [0.05, 0.1) is 18.2 Å². The van der Waals surface area contributed by atoms with Crippen LogP contribution in [0, 0.1) is 25.2 Å². The maximum atomic E-state index is 11.8. The lowest BCUT2D eigenvalue weighted by molar-refractivity contribution is -0.137. The lowest BCUT2D eigenvalue weighted by Crippen LogP contribution is -2.10. The SMILES string of the molecule is CCOC(=O)C(C#N)=Cc1cc(Br)c(OCCOc2ccc(C)c(C)c2)c(OC)c1. The van der Waals surface area contributed by atoms with Crippen molar-refractivity contribution in [1.82, 2.24) is 0 Å². The van der Waals surface area contributed by atoms with Crippen LogP contribution in [0.2, 0.25) is 0 Å². The maximum Gasteiger partial charge on any atom is 0.348 e. The fraction of sp³-hybridized carbons (Fsp3) is 0.304. The molecule has 0 bridgehead atoms. The summed E-state index contributed by atoms with van der Waals surface area (Å²) in [5.41, 5.74) is 2.88. The zero-order chi connectivity index (χ0) is 22.1. The Kier molecular flexibility index (Phi) is 8.75. The molecule has 30 heavy (non-hydrogen) atoms. The molecule has 0 aliphatic rings. The number of benzene rings is 2. The van der Waals surface area contributed by atoms with Gasteiger partial charge in [-0.1, -0.05) is 6.07 Å². The topological polar surface area (TPSA) is 77.8 Å². The van der Waals surface area contributed by atoms with Gasteiger partial charge in [0.25, 0.3) is 0 Å². The van der Waals surface area contributed by atoms with Gasteiger partial charge in [-0.15, -0.1) is 0 Å². The summed E-state index contributed by atoms with van der Waals surface area (Å²) in [6.45, 7) is 6.64. The number of ether oxygens (including phenoxy) is 4. The van der Waals surface area contributed by atoms with E-state index in [9.17, 15) is 10.1 Å². The first-order chi connectivity index (χ1) is 14.4. The Morgan fingerprint density at radius 3 is 2.50 bits per heavy atom. The van der Waals surface area contributed by atoms with Crippen LogP contribution in [0.5, 0.6) is 17.2 Å². The van der Waals surface area contributed by atoms with Crippen LogP contribution in [-0.2, 0) is 9.53 Å². The highest BCUT2D eigenvalue weighted by molar-refractivity contribution is 9.10. The number of nitriles is 1. The maximum absolute atomic E-state index is 11.8. The van der Waals surface area contributed by atoms with E-state index in [1.54, 1.807) is 19.1 Å². The Balaban J connectivity index is 2.09. The van der Waals surface area contributed by atoms with Crippen molar-refractivity contribution >= 4 is 28.0 Å². The van der Waals surface area contributed by atoms with Crippen molar-refractivity contribution in [1.29, 1.82) is 5.26 Å². The van der Waals surface area contributed by atoms with Crippen molar-refractivity contribution in [2.24, 2.45) is 0 Å². The van der Waals surface area contributed by atoms with E-state index in [4.69, 9.17) is 18.9 Å². The number of hydrogen-bond acceptors (Lipinski definition) is 6. The third kappa shape index (κ3) is 6.26. The van der Waals surface area contributed by atoms with Crippen molar-refractivity contribution in [2.45, 2.75) is 20.8 Å². The number of halogens is 1. The van der Waals surface area contributed by atoms with E-state index in [-0.39, 0.29) is 12.2 Å². The second-order valence-corrected chi connectivity index (χ2v) is 7.22. The molecule has 0 spiro atoms. The Morgan fingerprint density at radius 2 is 1.87 bits per heavy atom. The van der Waals surface area contributed by atoms with E-state index in [2.05, 4.69) is 22.9 Å². The molecule has 2 rings (SSSR count). The number of nitrogens with zero attached hydrogens (tertiary/aromatic N) is 1. The number of carbonyl (C=O) groups is 1. The van der Waals surface area contributed by atoms with Crippen molar-refractivity contribution in [3.8, 4) is 23.3 Å². The standard InChI is InChI=1S/C23H24BrNO5/c1-5-28-23(26)18(14-25)11-17-12-20(24)22(21(13-17)27-4)30-9-8-29-19-7-6-15(2)16(3)10-19/h6-7,10-13H,5,8-9H2,1-4H3. The van der Waals surface area contributed by atoms with Gasteiger partial charge in [-0.05, 0) is 83.7 Å². The third-order valence-corrected chi connectivity index (χ3v) is 4.84. The highest BCUT2D eigenvalue weighted by Gasteiger charge is 2.14. The van der Waals surface area contributed by atoms with Gasteiger partial charge in [0.2, 0.25) is 0 Å². The molecule has 6 nitrogen and oxygen atoms in total. The molecule has 0 aliphatic heterocycles. The molecule has 0 N–H and O–H groups in total. The van der Waals surface area contributed by atoms with Crippen LogP contribution in [0.15, 0.2) is 40.4 Å². The summed E-state index contributed by atoms with van der Waals surface area (Å²) in [6, 6.07) is 11.2. The van der Waals surface area contributed by atoms with Crippen LogP contribution in [0.25, 0.3) is 6.08 Å². The molecule has 0 atom stereocenters. The first-order valence-corrected chi connectivity index (χ1v) is 10.2. The number of rotatable bonds is 9. The van der Waals surface area contributed by atoms with Crippen LogP contribution in [0.4, 0.5) is 0 Å². The predicted octanol–water partition coefficient (Wildman–Crippen LogP) is 5.00. The van der Waals surface area contributed by atoms with E-state index in [0.717, 1.165) is 5.75 Å². The van der Waals surface area contributed by atoms with E-state index >= 15 is 0 Å². The summed E-state index contributed by atoms with van der Waals surface area (Å²) in [4.78, 5) is 11.8. The molecule has 0 fully saturated rings. The van der Waals surface area contributed by atoms with Gasteiger partial charge in [0, 0.05) is 0 Å². The average Bonchev–Trinajstić information content (AvgIpc) is 2.72. The Hall–Kier alpha value is -2.98. The number of esters is 1. The number of carbonyl (C=O) groups excluding carboxylic acids is 1. The zero-order valence-corrected chi connectivity index (χ0v) is 19.0. The summed E-state index contributed by atoms with van der Waals surface area (Å²) in [5, 5.41) is 9.20. The Morgan fingerprint density at radius 1 is 1.13 bits per heavy atom. The zero-order valence-electron chi connectivity index (χ0n) is 17.5. The van der Waals surface area contributed by atoms with Gasteiger partial charge in [-0.3, -0.25) is 0 Å². The summed E-state index contributed by atoms with van der Waals surface area (Å²) in [6.07, 6.45) is 1.44. The second kappa shape index (κ2) is 11.3. The largest absolute Gasteiger partial charge is 0.493 e. The molecule has 158 valence electrons. The first-order valence-electron chi connectivity index (χ1n) is 9.38. The highest BCUT2D eigenvalue weighted by Crippen LogP contribution is 2.37. The molecule has 0 saturated carbocycles. The monoisotopic (exact) mass is 473 g/mol. The lowest BCUT2D eigenvalue weighted by atomic mass is 10.1. The van der Waals surface area contributed by atoms with E-state index in [0.29, 0.717) is 34.7 Å². The predicted molar refractivity (Wildman–Crippen MR) is 118 cm³/mol. The minimum absolute atomic E-state index is 0.0961. The van der Waals surface area contributed by atoms with Gasteiger partial charge < -0.3 is 18.9 Å². The Bertz CT molecular complexity index is 978. The van der Waals surface area contributed by atoms with Crippen LogP contribution >= 0.6 is 15.9 Å². The number of methoxy groups -OCH3 is 1. The van der Waals surface area contributed by atoms with Gasteiger partial charge in [-0.25, -0.2) is 4.79 Å². The summed E-state index contributed by atoms with van der Waals surface area (Å²) < 4.78 is 22.5. The molecule has 0 aromatic heterocycles. The van der Waals surface area contributed by atoms with Gasteiger partial charge in [0.1, 0.15) is 30.6 Å². The molecular formula is C23H24BrNO5. The third-order valence-electron chi connectivity index (χ3n) is 4.26. The molecular weight excluding hydrogens is 450 g/mol. The Labute approximate surface area is 185 Å². The van der Waals surface area contributed by atoms with E-state index in [1.165, 1.54) is 24.3 Å². The summed E-state index contributed by atoms with van der Waals surface area (Å²) >= 11 is 3.46. The molecule has 0 heterocycles. The molecule has 2 aromatic rings. The summed E-state index contributed by atoms with van der Waals surface area (Å²) in [5.74, 6) is 1.09. The fourth-order valence-electron chi connectivity index (χ4n) is 2.58. The molecule has 0 aliphatic carbocycles. The molecule has 0 amide bonds. The first kappa shape index (κ1) is 23.3. The van der Waals surface area contributed by atoms with E-state index < -0.39 is 5.97 Å². The number of aryl methyl sites for hydroxylation is 2. The quantitative estimate of drug-likeness (QED) is 0.220. The van der Waals surface area contributed by atoms with Gasteiger partial charge >= 0.3 is 5.97 Å². The van der Waals surface area contributed by atoms with Gasteiger partial charge in [0.15, 0.2) is 11.5 Å². The average molecular weight is 474 g/mol. The van der Waals surface area contributed by atoms with Crippen LogP contribution in [-0.4, -0.2) is 32.9 Å². The van der Waals surface area contributed by atoms with Crippen LogP contribution in [0.1, 0.15) is 23.6 Å². The van der Waals surface area contributed by atoms with Crippen molar-refractivity contribution in [3.63, 3.8) is 0 Å². The van der Waals surface area contributed by atoms with Crippen LogP contribution in [0.3, 0.4) is 0 Å². The highest BCUT2D eigenvalue weighted by atomic mass is 79.9. The fourth-order valence-corrected chi connectivity index (χ4v) is 3.16. The smallest absolute Gasteiger partial charge is 0.348 e. The van der Waals surface area contributed by atoms with Gasteiger partial charge in [-0.2, -0.15) is 5.26 Å². The minimum atomic E-state index is -0.668. The molecule has 0 radical (unpaired) electrons. The van der Waals surface area contributed by atoms with Crippen molar-refractivity contribution in [2.75, 3.05) is 26.9 Å². The molecule has 2 aromatic carbocycles. The van der Waals surface area contributed by atoms with Crippen LogP contribution < -0.4 is 14.2 Å². The lowest BCUT2D eigenvalue weighted by Gasteiger charge is -2.14. The minimum Gasteiger partial charge on any atom is -0.493 e. The van der Waals surface area contributed by atoms with E-state index in [1.807, 2.05) is 31.2 Å².